The number of likely N-dealkylation sites (N-methyl/N-ethyl adjacent to an activating group) is 1. The topological polar surface area (TPSA) is 135 Å². The Balaban J connectivity index is 1.68. The molecule has 0 radical (unpaired) electrons. The minimum Gasteiger partial charge on any atom is -0.454 e. The molecule has 0 aromatic heterocycles. The van der Waals surface area contributed by atoms with Crippen LogP contribution in [0, 0.1) is 0 Å². The monoisotopic (exact) mass is 447 g/mol. The van der Waals surface area contributed by atoms with Gasteiger partial charge in [-0.1, -0.05) is 18.2 Å². The Labute approximate surface area is 181 Å². The smallest absolute Gasteiger partial charge is 0.241 e. The minimum atomic E-state index is -3.74. The number of amides is 1. The summed E-state index contributed by atoms with van der Waals surface area (Å²) >= 11 is 0. The number of carbonyl (C=O) groups is 1. The van der Waals surface area contributed by atoms with E-state index in [1.165, 1.54) is 17.0 Å². The molecular formula is C20H25N5O5S. The van der Waals surface area contributed by atoms with Gasteiger partial charge in [-0.05, 0) is 35.4 Å². The molecule has 4 N–H and O–H groups in total. The Morgan fingerprint density at radius 2 is 1.74 bits per heavy atom. The number of hydrogen-bond donors (Lipinski definition) is 3. The van der Waals surface area contributed by atoms with Gasteiger partial charge in [0.2, 0.25) is 22.7 Å². The molecule has 0 spiro atoms. The summed E-state index contributed by atoms with van der Waals surface area (Å²) in [5, 5.41) is 11.3. The van der Waals surface area contributed by atoms with E-state index < -0.39 is 10.0 Å². The van der Waals surface area contributed by atoms with Gasteiger partial charge in [-0.25, -0.2) is 18.5 Å². The maximum Gasteiger partial charge on any atom is 0.241 e. The van der Waals surface area contributed by atoms with Gasteiger partial charge >= 0.3 is 0 Å². The number of fused-ring (bicyclic) bond motifs is 1. The molecule has 0 bridgehead atoms. The van der Waals surface area contributed by atoms with Gasteiger partial charge in [0.15, 0.2) is 17.5 Å². The van der Waals surface area contributed by atoms with Gasteiger partial charge in [-0.2, -0.15) is 0 Å². The van der Waals surface area contributed by atoms with Crippen molar-refractivity contribution in [2.45, 2.75) is 18.0 Å². The van der Waals surface area contributed by atoms with E-state index in [1.54, 1.807) is 26.2 Å². The zero-order chi connectivity index (χ0) is 22.4. The fourth-order valence-electron chi connectivity index (χ4n) is 2.68. The number of nitrogens with zero attached hydrogens (tertiary/aromatic N) is 2. The van der Waals surface area contributed by atoms with E-state index in [0.717, 1.165) is 11.1 Å². The Hall–Kier alpha value is -3.31. The van der Waals surface area contributed by atoms with Crippen molar-refractivity contribution in [3.8, 4) is 11.5 Å². The molecule has 0 saturated carbocycles. The highest BCUT2D eigenvalue weighted by molar-refractivity contribution is 7.89. The van der Waals surface area contributed by atoms with Crippen molar-refractivity contribution in [1.82, 2.24) is 15.5 Å². The van der Waals surface area contributed by atoms with Crippen LogP contribution in [0.15, 0.2) is 52.4 Å². The van der Waals surface area contributed by atoms with Crippen LogP contribution in [-0.2, 0) is 27.9 Å². The van der Waals surface area contributed by atoms with E-state index in [4.69, 9.17) is 14.6 Å². The second-order valence-electron chi connectivity index (χ2n) is 7.04. The van der Waals surface area contributed by atoms with E-state index >= 15 is 0 Å². The van der Waals surface area contributed by atoms with Crippen molar-refractivity contribution in [2.24, 2.45) is 10.1 Å². The summed E-state index contributed by atoms with van der Waals surface area (Å²) in [6.07, 6.45) is 0. The molecule has 0 unspecified atom stereocenters. The van der Waals surface area contributed by atoms with Crippen molar-refractivity contribution in [3.05, 3.63) is 53.6 Å². The van der Waals surface area contributed by atoms with E-state index in [2.05, 4.69) is 15.6 Å². The lowest BCUT2D eigenvalue weighted by atomic mass is 10.2. The van der Waals surface area contributed by atoms with E-state index in [-0.39, 0.29) is 24.1 Å². The maximum absolute atomic E-state index is 11.9. The fourth-order valence-corrected chi connectivity index (χ4v) is 3.20. The summed E-state index contributed by atoms with van der Waals surface area (Å²) in [4.78, 5) is 18.0. The molecule has 11 heteroatoms. The minimum absolute atomic E-state index is 0.0441. The third kappa shape index (κ3) is 6.33. The molecule has 1 amide bonds. The third-order valence-corrected chi connectivity index (χ3v) is 5.40. The van der Waals surface area contributed by atoms with Crippen LogP contribution in [0.25, 0.3) is 0 Å². The van der Waals surface area contributed by atoms with Gasteiger partial charge in [0.1, 0.15) is 0 Å². The predicted octanol–water partition coefficient (Wildman–Crippen LogP) is 0.386. The van der Waals surface area contributed by atoms with Crippen LogP contribution in [0.5, 0.6) is 11.5 Å². The number of rotatable bonds is 7. The Kier molecular flexibility index (Phi) is 6.98. The molecule has 1 aliphatic heterocycles. The first-order valence-corrected chi connectivity index (χ1v) is 11.0. The summed E-state index contributed by atoms with van der Waals surface area (Å²) in [6, 6.07) is 11.8. The van der Waals surface area contributed by atoms with Crippen LogP contribution >= 0.6 is 0 Å². The lowest BCUT2D eigenvalue weighted by Crippen LogP contribution is -2.42. The maximum atomic E-state index is 11.9. The molecule has 0 atom stereocenters. The van der Waals surface area contributed by atoms with E-state index in [1.807, 2.05) is 18.2 Å². The molecule has 0 aliphatic carbocycles. The number of guanidine groups is 1. The summed E-state index contributed by atoms with van der Waals surface area (Å²) < 4.78 is 33.5. The lowest BCUT2D eigenvalue weighted by Gasteiger charge is -2.15. The highest BCUT2D eigenvalue weighted by atomic mass is 32.2. The first kappa shape index (κ1) is 22.4. The zero-order valence-electron chi connectivity index (χ0n) is 17.3. The average molecular weight is 448 g/mol. The number of primary sulfonamides is 1. The summed E-state index contributed by atoms with van der Waals surface area (Å²) in [6.45, 7) is 0.998. The van der Waals surface area contributed by atoms with Gasteiger partial charge in [0.25, 0.3) is 0 Å². The number of hydrogen-bond acceptors (Lipinski definition) is 6. The fraction of sp³-hybridized carbons (Fsp3) is 0.300. The summed E-state index contributed by atoms with van der Waals surface area (Å²) in [7, 11) is -0.390. The average Bonchev–Trinajstić information content (AvgIpc) is 3.20. The predicted molar refractivity (Wildman–Crippen MR) is 115 cm³/mol. The second kappa shape index (κ2) is 9.67. The Morgan fingerprint density at radius 3 is 2.42 bits per heavy atom. The number of sulfonamides is 1. The first-order chi connectivity index (χ1) is 14.7. The Morgan fingerprint density at radius 1 is 1.06 bits per heavy atom. The quantitative estimate of drug-likeness (QED) is 0.413. The van der Waals surface area contributed by atoms with Crippen LogP contribution in [-0.4, -0.2) is 52.6 Å². The molecule has 0 fully saturated rings. The third-order valence-electron chi connectivity index (χ3n) is 4.47. The molecule has 2 aromatic carbocycles. The number of aliphatic imine (C=N–C) groups is 1. The summed E-state index contributed by atoms with van der Waals surface area (Å²) in [5.74, 6) is 1.70. The van der Waals surface area contributed by atoms with Gasteiger partial charge < -0.3 is 25.0 Å². The van der Waals surface area contributed by atoms with Gasteiger partial charge in [0, 0.05) is 20.6 Å². The molecule has 1 heterocycles. The van der Waals surface area contributed by atoms with Crippen LogP contribution in [0.4, 0.5) is 0 Å². The number of carbonyl (C=O) groups excluding carboxylic acids is 1. The summed E-state index contributed by atoms with van der Waals surface area (Å²) in [5.41, 5.74) is 1.74. The molecule has 10 nitrogen and oxygen atoms in total. The number of nitrogens with one attached hydrogen (secondary N) is 2. The Bertz CT molecular complexity index is 1070. The van der Waals surface area contributed by atoms with Crippen LogP contribution in [0.1, 0.15) is 11.1 Å². The van der Waals surface area contributed by atoms with Crippen LogP contribution in [0.3, 0.4) is 0 Å². The molecule has 0 saturated heterocycles. The normalized spacial score (nSPS) is 13.1. The van der Waals surface area contributed by atoms with Gasteiger partial charge in [0.05, 0.1) is 18.0 Å². The molecule has 2 aromatic rings. The van der Waals surface area contributed by atoms with Gasteiger partial charge in [-0.3, -0.25) is 4.79 Å². The van der Waals surface area contributed by atoms with E-state index in [9.17, 15) is 13.2 Å². The molecule has 1 aliphatic rings. The van der Waals surface area contributed by atoms with Crippen molar-refractivity contribution >= 4 is 21.9 Å². The van der Waals surface area contributed by atoms with Gasteiger partial charge in [-0.15, -0.1) is 0 Å². The standard InChI is InChI=1S/C20H25N5O5S/c1-25(2)19(26)12-24-20(22-10-14-3-6-16(7-4-14)31(21,27)28)23-11-15-5-8-17-18(9-15)30-13-29-17/h3-9H,10-13H2,1-2H3,(H2,21,27,28)(H2,22,23,24). The second-order valence-corrected chi connectivity index (χ2v) is 8.60. The zero-order valence-corrected chi connectivity index (χ0v) is 18.1. The first-order valence-electron chi connectivity index (χ1n) is 9.45. The van der Waals surface area contributed by atoms with Crippen molar-refractivity contribution in [3.63, 3.8) is 0 Å². The largest absolute Gasteiger partial charge is 0.454 e. The van der Waals surface area contributed by atoms with Crippen molar-refractivity contribution < 1.29 is 22.7 Å². The lowest BCUT2D eigenvalue weighted by molar-refractivity contribution is -0.127. The number of ether oxygens (including phenoxy) is 2. The molecule has 3 rings (SSSR count). The molecular weight excluding hydrogens is 422 g/mol. The van der Waals surface area contributed by atoms with Crippen LogP contribution in [0.2, 0.25) is 0 Å². The highest BCUT2D eigenvalue weighted by Gasteiger charge is 2.13. The van der Waals surface area contributed by atoms with Crippen LogP contribution < -0.4 is 25.2 Å². The molecule has 166 valence electrons. The van der Waals surface area contributed by atoms with Crippen molar-refractivity contribution in [2.75, 3.05) is 27.4 Å². The number of benzene rings is 2. The highest BCUT2D eigenvalue weighted by Crippen LogP contribution is 2.32. The van der Waals surface area contributed by atoms with Crippen molar-refractivity contribution in [1.29, 1.82) is 0 Å². The SMILES string of the molecule is CN(C)C(=O)CNC(=NCc1ccc2c(c1)OCO2)NCc1ccc(S(N)(=O)=O)cc1. The van der Waals surface area contributed by atoms with E-state index in [0.29, 0.717) is 30.5 Å². The molecule has 31 heavy (non-hydrogen) atoms. The number of nitrogens with two attached hydrogens (primary N) is 1.